The van der Waals surface area contributed by atoms with Crippen LogP contribution >= 0.6 is 0 Å². The van der Waals surface area contributed by atoms with E-state index in [1.165, 1.54) is 7.11 Å². The summed E-state index contributed by atoms with van der Waals surface area (Å²) in [7, 11) is 1.54. The molecule has 2 aliphatic carbocycles. The highest BCUT2D eigenvalue weighted by Gasteiger charge is 2.68. The van der Waals surface area contributed by atoms with E-state index in [0.29, 0.717) is 37.3 Å². The minimum atomic E-state index is -1.03. The van der Waals surface area contributed by atoms with E-state index in [2.05, 4.69) is 20.9 Å². The Labute approximate surface area is 334 Å². The van der Waals surface area contributed by atoms with E-state index in [-0.39, 0.29) is 23.6 Å². The smallest absolute Gasteiger partial charge is 0.438 e. The van der Waals surface area contributed by atoms with Crippen molar-refractivity contribution in [3.63, 3.8) is 0 Å². The predicted molar refractivity (Wildman–Crippen MR) is 209 cm³/mol. The number of hydrogen-bond acceptors (Lipinski definition) is 13. The molecular weight excluding hydrogens is 740 g/mol. The number of carbonyl (C=O) groups excluding carboxylic acids is 4. The average molecular weight is 801 g/mol. The molecule has 57 heavy (non-hydrogen) atoms. The summed E-state index contributed by atoms with van der Waals surface area (Å²) in [5, 5.41) is 17.8. The molecule has 1 aromatic rings. The second-order valence-corrected chi connectivity index (χ2v) is 19.1. The predicted octanol–water partition coefficient (Wildman–Crippen LogP) is 6.53. The van der Waals surface area contributed by atoms with Crippen molar-refractivity contribution >= 4 is 36.4 Å². The number of aliphatic imine (C=N–C) groups is 1. The molecule has 1 unspecified atom stereocenters. The monoisotopic (exact) mass is 800 g/mol. The van der Waals surface area contributed by atoms with E-state index in [1.54, 1.807) is 89.2 Å². The number of benzene rings is 1. The van der Waals surface area contributed by atoms with Gasteiger partial charge in [-0.3, -0.25) is 10.7 Å². The number of amides is 4. The maximum absolute atomic E-state index is 14.3. The zero-order chi connectivity index (χ0) is 42.6. The molecule has 4 amide bonds. The number of alkyl carbamates (subject to hydrolysis) is 2. The summed E-state index contributed by atoms with van der Waals surface area (Å²) in [6.07, 6.45) is -2.70. The van der Waals surface area contributed by atoms with Crippen LogP contribution in [-0.2, 0) is 30.8 Å². The summed E-state index contributed by atoms with van der Waals surface area (Å²) in [4.78, 5) is 58.5. The molecule has 17 heteroatoms. The molecule has 2 fully saturated rings. The van der Waals surface area contributed by atoms with E-state index in [9.17, 15) is 24.6 Å². The van der Waals surface area contributed by atoms with Crippen molar-refractivity contribution in [2.45, 2.75) is 155 Å². The Morgan fingerprint density at radius 1 is 0.877 bits per heavy atom. The molecule has 17 nitrogen and oxygen atoms in total. The third-order valence-corrected chi connectivity index (χ3v) is 9.94. The Bertz CT molecular complexity index is 1820. The van der Waals surface area contributed by atoms with E-state index >= 15 is 0 Å². The van der Waals surface area contributed by atoms with Gasteiger partial charge in [0.25, 0.3) is 0 Å². The second kappa shape index (κ2) is 15.2. The Balaban J connectivity index is 1.66. The number of nitrogens with zero attached hydrogens (tertiary/aromatic N) is 2. The van der Waals surface area contributed by atoms with Crippen LogP contribution in [0.15, 0.2) is 11.1 Å². The van der Waals surface area contributed by atoms with Gasteiger partial charge in [-0.05, 0) is 121 Å². The first-order valence-electron chi connectivity index (χ1n) is 19.4. The van der Waals surface area contributed by atoms with E-state index in [4.69, 9.17) is 33.2 Å². The minimum absolute atomic E-state index is 0.0134. The van der Waals surface area contributed by atoms with Crippen molar-refractivity contribution in [3.8, 4) is 17.2 Å². The molecule has 1 saturated heterocycles. The number of methoxy groups -OCH3 is 1. The number of hydrogen-bond donors (Lipinski definition) is 4. The normalized spacial score (nSPS) is 25.2. The summed E-state index contributed by atoms with van der Waals surface area (Å²) in [5.41, 5.74) is -2.67. The first-order valence-corrected chi connectivity index (χ1v) is 19.4. The molecular formula is C40H60N6O11. The summed E-state index contributed by atoms with van der Waals surface area (Å²) >= 11 is 0. The largest absolute Gasteiger partial charge is 0.496 e. The lowest BCUT2D eigenvalue weighted by atomic mass is 9.49. The fourth-order valence-corrected chi connectivity index (χ4v) is 8.40. The Hall–Kier alpha value is -4.80. The van der Waals surface area contributed by atoms with Gasteiger partial charge in [0.05, 0.1) is 13.2 Å². The van der Waals surface area contributed by atoms with Crippen LogP contribution in [-0.4, -0.2) is 95.5 Å². The summed E-state index contributed by atoms with van der Waals surface area (Å²) in [6, 6.07) is 0.256. The second-order valence-electron chi connectivity index (χ2n) is 19.1. The number of ether oxygens (including phenoxy) is 7. The summed E-state index contributed by atoms with van der Waals surface area (Å²) in [6.45, 7) is 22.9. The van der Waals surface area contributed by atoms with Crippen molar-refractivity contribution in [2.24, 2.45) is 16.8 Å². The molecule has 1 spiro atoms. The van der Waals surface area contributed by atoms with Crippen LogP contribution in [0.5, 0.6) is 17.2 Å². The quantitative estimate of drug-likeness (QED) is 0.146. The SMILES string of the molecule is COc1cc(OC(=NC(=O)OC(C)(C)C)NC(=O)OC(C)(C)C)c2c3c1C[C@H]1NCC[C@]34[C@H]1CC(C)[C@H](N(C(=N)NC(=O)OC(C)(C)C)C(=O)OC(C)(C)C)[C@@H]4O2. The highest BCUT2D eigenvalue weighted by Crippen LogP contribution is 2.65. The molecule has 1 saturated carbocycles. The average Bonchev–Trinajstić information content (AvgIpc) is 3.32. The maximum atomic E-state index is 14.3. The molecule has 0 aromatic heterocycles. The molecule has 4 aliphatic rings. The maximum Gasteiger partial charge on any atom is 0.438 e. The summed E-state index contributed by atoms with van der Waals surface area (Å²) in [5.74, 6) is 0.0590. The van der Waals surface area contributed by atoms with Crippen molar-refractivity contribution in [3.05, 3.63) is 17.2 Å². The van der Waals surface area contributed by atoms with Gasteiger partial charge in [-0.25, -0.2) is 29.4 Å². The first-order chi connectivity index (χ1) is 26.1. The van der Waals surface area contributed by atoms with Gasteiger partial charge in [0.1, 0.15) is 34.3 Å². The van der Waals surface area contributed by atoms with Crippen LogP contribution in [0.3, 0.4) is 0 Å². The van der Waals surface area contributed by atoms with Crippen LogP contribution in [0.25, 0.3) is 0 Å². The zero-order valence-electron chi connectivity index (χ0n) is 35.7. The highest BCUT2D eigenvalue weighted by atomic mass is 16.6. The zero-order valence-corrected chi connectivity index (χ0v) is 35.7. The molecule has 5 rings (SSSR count). The van der Waals surface area contributed by atoms with Crippen LogP contribution < -0.4 is 30.2 Å². The molecule has 2 bridgehead atoms. The molecule has 1 aromatic carbocycles. The van der Waals surface area contributed by atoms with Crippen molar-refractivity contribution < 1.29 is 52.3 Å². The lowest BCUT2D eigenvalue weighted by molar-refractivity contribution is -0.0681. The molecule has 6 atom stereocenters. The minimum Gasteiger partial charge on any atom is -0.496 e. The number of guanidine groups is 1. The molecule has 2 aliphatic heterocycles. The van der Waals surface area contributed by atoms with Gasteiger partial charge in [-0.1, -0.05) is 6.92 Å². The molecule has 2 heterocycles. The van der Waals surface area contributed by atoms with Crippen LogP contribution in [0.4, 0.5) is 19.2 Å². The number of rotatable bonds is 3. The standard InChI is InChI=1S/C40H60N6O11/c1-20-17-22-23-18-21-24(51-14)19-25(52-31(44-33(48)55-37(5,6)7)45-34(49)56-38(8,9)10)28-26(21)40(22,15-16-42-23)29(53-28)27(20)46(35(50)57-39(11,12)13)30(41)43-32(47)54-36(2,3)4/h19-20,22-23,27,29,42H,15-18H2,1-14H3,(H2,41,43,47)(H,44,45,48,49)/t20?,22-,23+,27-,29-,40-/m0/s1. The van der Waals surface area contributed by atoms with Crippen molar-refractivity contribution in [1.29, 1.82) is 5.41 Å². The Morgan fingerprint density at radius 2 is 1.46 bits per heavy atom. The number of nitrogens with one attached hydrogen (secondary N) is 4. The Kier molecular flexibility index (Phi) is 11.5. The van der Waals surface area contributed by atoms with Gasteiger partial charge in [0, 0.05) is 28.7 Å². The first kappa shape index (κ1) is 43.3. The third kappa shape index (κ3) is 9.50. The van der Waals surface area contributed by atoms with Gasteiger partial charge < -0.3 is 38.5 Å². The molecule has 0 radical (unpaired) electrons. The van der Waals surface area contributed by atoms with Gasteiger partial charge >= 0.3 is 30.4 Å². The fraction of sp³-hybridized carbons (Fsp3) is 0.700. The lowest BCUT2D eigenvalue weighted by Gasteiger charge is -2.59. The highest BCUT2D eigenvalue weighted by molar-refractivity contribution is 6.00. The van der Waals surface area contributed by atoms with Gasteiger partial charge in [0.15, 0.2) is 11.5 Å². The van der Waals surface area contributed by atoms with Crippen LogP contribution in [0, 0.1) is 17.2 Å². The van der Waals surface area contributed by atoms with Crippen LogP contribution in [0.1, 0.15) is 114 Å². The third-order valence-electron chi connectivity index (χ3n) is 9.94. The van der Waals surface area contributed by atoms with E-state index in [0.717, 1.165) is 16.0 Å². The van der Waals surface area contributed by atoms with Gasteiger partial charge in [-0.2, -0.15) is 0 Å². The van der Waals surface area contributed by atoms with E-state index < -0.39 is 76.3 Å². The van der Waals surface area contributed by atoms with Crippen LogP contribution in [0.2, 0.25) is 0 Å². The van der Waals surface area contributed by atoms with Gasteiger partial charge in [0.2, 0.25) is 5.96 Å². The fourth-order valence-electron chi connectivity index (χ4n) is 8.40. The summed E-state index contributed by atoms with van der Waals surface area (Å²) < 4.78 is 41.5. The van der Waals surface area contributed by atoms with Crippen molar-refractivity contribution in [1.82, 2.24) is 20.9 Å². The Morgan fingerprint density at radius 3 is 2.02 bits per heavy atom. The van der Waals surface area contributed by atoms with Gasteiger partial charge in [-0.15, -0.1) is 4.99 Å². The lowest BCUT2D eigenvalue weighted by Crippen LogP contribution is -2.72. The van der Waals surface area contributed by atoms with Crippen molar-refractivity contribution in [2.75, 3.05) is 13.7 Å². The number of piperidine rings is 1. The topological polar surface area (TPSA) is 208 Å². The molecule has 4 N–H and O–H groups in total. The van der Waals surface area contributed by atoms with E-state index in [1.807, 2.05) is 6.92 Å². The molecule has 316 valence electrons. The number of amidine groups is 1. The number of carbonyl (C=O) groups is 4.